The van der Waals surface area contributed by atoms with Crippen molar-refractivity contribution in [3.8, 4) is 0 Å². The molecule has 2 aromatic carbocycles. The van der Waals surface area contributed by atoms with E-state index in [0.717, 1.165) is 5.56 Å². The van der Waals surface area contributed by atoms with E-state index in [4.69, 9.17) is 16.0 Å². The second-order valence-corrected chi connectivity index (χ2v) is 8.28. The van der Waals surface area contributed by atoms with Gasteiger partial charge < -0.3 is 9.73 Å². The second kappa shape index (κ2) is 9.85. The number of hydrogen-bond donors (Lipinski definition) is 1. The molecule has 0 fully saturated rings. The Hall–Kier alpha value is -3.03. The van der Waals surface area contributed by atoms with E-state index >= 15 is 0 Å². The van der Waals surface area contributed by atoms with Crippen LogP contribution in [0.4, 0.5) is 0 Å². The van der Waals surface area contributed by atoms with Crippen molar-refractivity contribution in [3.05, 3.63) is 93.6 Å². The van der Waals surface area contributed by atoms with Crippen molar-refractivity contribution in [2.75, 3.05) is 12.3 Å². The van der Waals surface area contributed by atoms with Crippen molar-refractivity contribution < 1.29 is 9.21 Å². The van der Waals surface area contributed by atoms with Crippen LogP contribution in [0.1, 0.15) is 11.3 Å². The molecule has 8 heteroatoms. The average Bonchev–Trinajstić information content (AvgIpc) is 3.29. The van der Waals surface area contributed by atoms with Crippen LogP contribution in [-0.4, -0.2) is 27.8 Å². The molecular formula is C23H20ClN3O3S. The molecule has 0 bridgehead atoms. The van der Waals surface area contributed by atoms with Gasteiger partial charge in [0, 0.05) is 11.6 Å². The summed E-state index contributed by atoms with van der Waals surface area (Å²) in [4.78, 5) is 30.0. The number of para-hydroxylation sites is 1. The van der Waals surface area contributed by atoms with Gasteiger partial charge in [-0.2, -0.15) is 0 Å². The molecule has 0 atom stereocenters. The van der Waals surface area contributed by atoms with Gasteiger partial charge in [-0.05, 0) is 48.4 Å². The minimum atomic E-state index is -0.160. The van der Waals surface area contributed by atoms with Crippen LogP contribution in [0.15, 0.2) is 81.3 Å². The number of thioether (sulfide) groups is 1. The molecule has 0 aliphatic heterocycles. The molecule has 1 N–H and O–H groups in total. The summed E-state index contributed by atoms with van der Waals surface area (Å²) in [5.74, 6) is 0.683. The lowest BCUT2D eigenvalue weighted by atomic mass is 10.1. The van der Waals surface area contributed by atoms with Gasteiger partial charge in [0.05, 0.1) is 29.5 Å². The summed E-state index contributed by atoms with van der Waals surface area (Å²) in [6.07, 6.45) is 2.28. The Balaban J connectivity index is 1.44. The van der Waals surface area contributed by atoms with Crippen molar-refractivity contribution in [1.29, 1.82) is 0 Å². The van der Waals surface area contributed by atoms with Crippen molar-refractivity contribution in [3.63, 3.8) is 0 Å². The summed E-state index contributed by atoms with van der Waals surface area (Å²) >= 11 is 7.13. The minimum Gasteiger partial charge on any atom is -0.467 e. The fraction of sp³-hybridized carbons (Fsp3) is 0.174. The molecule has 4 aromatic rings. The molecule has 1 amide bonds. The molecule has 0 aliphatic rings. The summed E-state index contributed by atoms with van der Waals surface area (Å²) in [7, 11) is 0. The van der Waals surface area contributed by atoms with E-state index in [1.807, 2.05) is 36.4 Å². The molecule has 6 nitrogen and oxygen atoms in total. The number of hydrogen-bond acceptors (Lipinski definition) is 5. The SMILES string of the molecule is O=C(CSc1nc2ccccc2c(=O)n1Cc1ccco1)NCCc1ccc(Cl)cc1. The summed E-state index contributed by atoms with van der Waals surface area (Å²) in [6, 6.07) is 18.3. The maximum absolute atomic E-state index is 13.0. The molecular weight excluding hydrogens is 434 g/mol. The normalized spacial score (nSPS) is 11.0. The van der Waals surface area contributed by atoms with Crippen LogP contribution >= 0.6 is 23.4 Å². The maximum atomic E-state index is 13.0. The van der Waals surface area contributed by atoms with Crippen molar-refractivity contribution >= 4 is 40.2 Å². The van der Waals surface area contributed by atoms with E-state index in [1.54, 1.807) is 35.1 Å². The van der Waals surface area contributed by atoms with Crippen LogP contribution in [0.3, 0.4) is 0 Å². The van der Waals surface area contributed by atoms with Gasteiger partial charge in [0.15, 0.2) is 5.16 Å². The van der Waals surface area contributed by atoms with E-state index in [2.05, 4.69) is 10.3 Å². The van der Waals surface area contributed by atoms with Crippen LogP contribution in [0.5, 0.6) is 0 Å². The third-order valence-electron chi connectivity index (χ3n) is 4.70. The maximum Gasteiger partial charge on any atom is 0.262 e. The zero-order valence-electron chi connectivity index (χ0n) is 16.6. The lowest BCUT2D eigenvalue weighted by molar-refractivity contribution is -0.118. The Bertz CT molecular complexity index is 1240. The fourth-order valence-electron chi connectivity index (χ4n) is 3.13. The number of carbonyl (C=O) groups excluding carboxylic acids is 1. The first-order valence-electron chi connectivity index (χ1n) is 9.76. The first-order valence-corrected chi connectivity index (χ1v) is 11.1. The molecule has 0 radical (unpaired) electrons. The van der Waals surface area contributed by atoms with Crippen LogP contribution in [0, 0.1) is 0 Å². The third kappa shape index (κ3) is 5.37. The van der Waals surface area contributed by atoms with Crippen LogP contribution in [0.25, 0.3) is 10.9 Å². The fourth-order valence-corrected chi connectivity index (χ4v) is 4.09. The zero-order valence-corrected chi connectivity index (χ0v) is 18.2. The van der Waals surface area contributed by atoms with Gasteiger partial charge in [-0.1, -0.05) is 47.6 Å². The van der Waals surface area contributed by atoms with Crippen LogP contribution < -0.4 is 10.9 Å². The van der Waals surface area contributed by atoms with E-state index < -0.39 is 0 Å². The molecule has 2 heterocycles. The van der Waals surface area contributed by atoms with Gasteiger partial charge in [-0.15, -0.1) is 0 Å². The summed E-state index contributed by atoms with van der Waals surface area (Å²) in [6.45, 7) is 0.773. The predicted octanol–water partition coefficient (Wildman–Crippen LogP) is 4.14. The highest BCUT2D eigenvalue weighted by Crippen LogP contribution is 2.19. The Labute approximate surface area is 188 Å². The number of halogens is 1. The Morgan fingerprint density at radius 2 is 1.90 bits per heavy atom. The lowest BCUT2D eigenvalue weighted by Gasteiger charge is -2.12. The highest BCUT2D eigenvalue weighted by Gasteiger charge is 2.14. The number of benzene rings is 2. The molecule has 31 heavy (non-hydrogen) atoms. The van der Waals surface area contributed by atoms with Gasteiger partial charge in [0.1, 0.15) is 5.76 Å². The smallest absolute Gasteiger partial charge is 0.262 e. The number of nitrogens with zero attached hydrogens (tertiary/aromatic N) is 2. The molecule has 0 saturated heterocycles. The molecule has 0 unspecified atom stereocenters. The average molecular weight is 454 g/mol. The number of fused-ring (bicyclic) bond motifs is 1. The minimum absolute atomic E-state index is 0.120. The van der Waals surface area contributed by atoms with E-state index in [1.165, 1.54) is 11.8 Å². The number of furan rings is 1. The van der Waals surface area contributed by atoms with E-state index in [9.17, 15) is 9.59 Å². The number of nitrogens with one attached hydrogen (secondary N) is 1. The first-order chi connectivity index (χ1) is 15.1. The Morgan fingerprint density at radius 3 is 2.68 bits per heavy atom. The molecule has 0 saturated carbocycles. The molecule has 4 rings (SSSR count). The highest BCUT2D eigenvalue weighted by molar-refractivity contribution is 7.99. The third-order valence-corrected chi connectivity index (χ3v) is 5.93. The van der Waals surface area contributed by atoms with E-state index in [0.29, 0.717) is 39.8 Å². The van der Waals surface area contributed by atoms with Crippen LogP contribution in [0.2, 0.25) is 5.02 Å². The quantitative estimate of drug-likeness (QED) is 0.320. The molecule has 0 aliphatic carbocycles. The second-order valence-electron chi connectivity index (χ2n) is 6.90. The van der Waals surface area contributed by atoms with Gasteiger partial charge in [-0.3, -0.25) is 14.2 Å². The Kier molecular flexibility index (Phi) is 6.74. The van der Waals surface area contributed by atoms with E-state index in [-0.39, 0.29) is 23.8 Å². The number of amides is 1. The Morgan fingerprint density at radius 1 is 1.10 bits per heavy atom. The standard InChI is InChI=1S/C23H20ClN3O3S/c24-17-9-7-16(8-10-17)11-12-25-21(28)15-31-23-26-20-6-2-1-5-19(20)22(29)27(23)14-18-4-3-13-30-18/h1-10,13H,11-12,14-15H2,(H,25,28). The monoisotopic (exact) mass is 453 g/mol. The zero-order chi connectivity index (χ0) is 21.6. The molecule has 0 spiro atoms. The van der Waals surface area contributed by atoms with Crippen LogP contribution in [-0.2, 0) is 17.8 Å². The predicted molar refractivity (Wildman–Crippen MR) is 123 cm³/mol. The summed E-state index contributed by atoms with van der Waals surface area (Å²) in [5, 5.41) is 4.61. The molecule has 2 aromatic heterocycles. The van der Waals surface area contributed by atoms with Gasteiger partial charge >= 0.3 is 0 Å². The number of aromatic nitrogens is 2. The number of carbonyl (C=O) groups is 1. The molecule has 158 valence electrons. The summed E-state index contributed by atoms with van der Waals surface area (Å²) in [5.41, 5.74) is 1.54. The van der Waals surface area contributed by atoms with Crippen molar-refractivity contribution in [1.82, 2.24) is 14.9 Å². The number of rotatable bonds is 8. The summed E-state index contributed by atoms with van der Waals surface area (Å²) < 4.78 is 6.95. The van der Waals surface area contributed by atoms with Gasteiger partial charge in [0.25, 0.3) is 5.56 Å². The van der Waals surface area contributed by atoms with Gasteiger partial charge in [-0.25, -0.2) is 4.98 Å². The van der Waals surface area contributed by atoms with Crippen molar-refractivity contribution in [2.24, 2.45) is 0 Å². The van der Waals surface area contributed by atoms with Crippen molar-refractivity contribution in [2.45, 2.75) is 18.1 Å². The first kappa shape index (κ1) is 21.2. The van der Waals surface area contributed by atoms with Gasteiger partial charge in [0.2, 0.25) is 5.91 Å². The highest BCUT2D eigenvalue weighted by atomic mass is 35.5. The largest absolute Gasteiger partial charge is 0.467 e. The topological polar surface area (TPSA) is 77.1 Å². The lowest BCUT2D eigenvalue weighted by Crippen LogP contribution is -2.28.